The lowest BCUT2D eigenvalue weighted by Crippen LogP contribution is -2.36. The highest BCUT2D eigenvalue weighted by Gasteiger charge is 2.23. The van der Waals surface area contributed by atoms with Crippen LogP contribution in [0.5, 0.6) is 0 Å². The molecule has 0 aliphatic carbocycles. The molecule has 0 aliphatic rings. The molecule has 0 saturated carbocycles. The normalized spacial score (nSPS) is 12.7. The van der Waals surface area contributed by atoms with Gasteiger partial charge in [0.05, 0.1) is 0 Å². The number of nitrogens with one attached hydrogen (secondary N) is 1. The Hall–Kier alpha value is -1.20. The van der Waals surface area contributed by atoms with Crippen molar-refractivity contribution in [1.82, 2.24) is 5.32 Å². The van der Waals surface area contributed by atoms with E-state index < -0.39 is 0 Å². The van der Waals surface area contributed by atoms with Gasteiger partial charge in [-0.1, -0.05) is 43.3 Å². The molecule has 0 aliphatic heterocycles. The van der Waals surface area contributed by atoms with Crippen LogP contribution in [0.1, 0.15) is 37.8 Å². The number of hydrogen-bond acceptors (Lipinski definition) is 4. The maximum atomic E-state index is 8.62. The fourth-order valence-electron chi connectivity index (χ4n) is 2.15. The van der Waals surface area contributed by atoms with Crippen LogP contribution in [-0.2, 0) is 6.54 Å². The number of nitrogens with zero attached hydrogens (tertiary/aromatic N) is 1. The van der Waals surface area contributed by atoms with Crippen LogP contribution >= 0.6 is 11.8 Å². The van der Waals surface area contributed by atoms with Gasteiger partial charge in [-0.25, -0.2) is 0 Å². The SMILES string of the molecule is CCC(CC)(CNCc1ccc(/C(N)=N/O)cc1)SC. The number of benzene rings is 1. The minimum Gasteiger partial charge on any atom is -0.409 e. The molecule has 1 aromatic carbocycles. The Bertz CT molecular complexity index is 419. The standard InChI is InChI=1S/C15H25N3OS/c1-4-15(5-2,20-3)11-17-10-12-6-8-13(9-7-12)14(16)18-19/h6-9,17,19H,4-5,10-11H2,1-3H3,(H2,16,18). The summed E-state index contributed by atoms with van der Waals surface area (Å²) in [5.74, 6) is 0.142. The van der Waals surface area contributed by atoms with E-state index in [-0.39, 0.29) is 5.84 Å². The summed E-state index contributed by atoms with van der Waals surface area (Å²) in [5, 5.41) is 15.1. The van der Waals surface area contributed by atoms with Gasteiger partial charge in [-0.05, 0) is 24.7 Å². The van der Waals surface area contributed by atoms with E-state index in [1.54, 1.807) is 0 Å². The summed E-state index contributed by atoms with van der Waals surface area (Å²) in [4.78, 5) is 0. The summed E-state index contributed by atoms with van der Waals surface area (Å²) in [5.41, 5.74) is 7.47. The Balaban J connectivity index is 2.54. The number of thioether (sulfide) groups is 1. The van der Waals surface area contributed by atoms with Crippen molar-refractivity contribution in [2.75, 3.05) is 12.8 Å². The largest absolute Gasteiger partial charge is 0.409 e. The van der Waals surface area contributed by atoms with Gasteiger partial charge < -0.3 is 16.3 Å². The van der Waals surface area contributed by atoms with E-state index in [4.69, 9.17) is 10.9 Å². The topological polar surface area (TPSA) is 70.6 Å². The third kappa shape index (κ3) is 4.42. The molecule has 112 valence electrons. The van der Waals surface area contributed by atoms with Crippen molar-refractivity contribution in [3.05, 3.63) is 35.4 Å². The lowest BCUT2D eigenvalue weighted by atomic mass is 10.0. The minimum absolute atomic E-state index is 0.142. The van der Waals surface area contributed by atoms with Crippen molar-refractivity contribution in [2.45, 2.75) is 38.0 Å². The van der Waals surface area contributed by atoms with Gasteiger partial charge in [0.2, 0.25) is 0 Å². The molecule has 20 heavy (non-hydrogen) atoms. The molecule has 0 amide bonds. The predicted molar refractivity (Wildman–Crippen MR) is 87.5 cm³/mol. The van der Waals surface area contributed by atoms with Gasteiger partial charge in [-0.2, -0.15) is 11.8 Å². The Kier molecular flexibility index (Phi) is 6.88. The van der Waals surface area contributed by atoms with Crippen LogP contribution in [0.2, 0.25) is 0 Å². The van der Waals surface area contributed by atoms with E-state index in [1.807, 2.05) is 36.0 Å². The molecule has 0 aromatic heterocycles. The van der Waals surface area contributed by atoms with Gasteiger partial charge in [-0.3, -0.25) is 0 Å². The average molecular weight is 295 g/mol. The van der Waals surface area contributed by atoms with Gasteiger partial charge in [0.25, 0.3) is 0 Å². The molecule has 0 saturated heterocycles. The third-order valence-electron chi connectivity index (χ3n) is 3.86. The first-order valence-electron chi connectivity index (χ1n) is 6.93. The molecule has 0 fully saturated rings. The Morgan fingerprint density at radius 3 is 2.35 bits per heavy atom. The molecule has 0 atom stereocenters. The molecule has 0 bridgehead atoms. The second kappa shape index (κ2) is 8.17. The van der Waals surface area contributed by atoms with Crippen LogP contribution in [0.15, 0.2) is 29.4 Å². The van der Waals surface area contributed by atoms with E-state index in [9.17, 15) is 0 Å². The summed E-state index contributed by atoms with van der Waals surface area (Å²) < 4.78 is 0.327. The van der Waals surface area contributed by atoms with Crippen LogP contribution in [0, 0.1) is 0 Å². The fourth-order valence-corrected chi connectivity index (χ4v) is 2.97. The smallest absolute Gasteiger partial charge is 0.170 e. The zero-order valence-corrected chi connectivity index (χ0v) is 13.3. The molecule has 0 heterocycles. The zero-order chi connectivity index (χ0) is 15.0. The van der Waals surface area contributed by atoms with Crippen molar-refractivity contribution < 1.29 is 5.21 Å². The van der Waals surface area contributed by atoms with Gasteiger partial charge in [0.15, 0.2) is 5.84 Å². The molecule has 4 N–H and O–H groups in total. The molecule has 0 unspecified atom stereocenters. The number of hydrogen-bond donors (Lipinski definition) is 3. The van der Waals surface area contributed by atoms with Gasteiger partial charge >= 0.3 is 0 Å². The fraction of sp³-hybridized carbons (Fsp3) is 0.533. The van der Waals surface area contributed by atoms with Crippen LogP contribution in [0.3, 0.4) is 0 Å². The number of rotatable bonds is 8. The number of oxime groups is 1. The third-order valence-corrected chi connectivity index (χ3v) is 5.44. The van der Waals surface area contributed by atoms with Gasteiger partial charge in [0.1, 0.15) is 0 Å². The van der Waals surface area contributed by atoms with Gasteiger partial charge in [-0.15, -0.1) is 0 Å². The molecule has 5 heteroatoms. The second-order valence-electron chi connectivity index (χ2n) is 4.88. The Labute approximate surface area is 125 Å². The molecule has 4 nitrogen and oxygen atoms in total. The first kappa shape index (κ1) is 16.9. The molecule has 0 spiro atoms. The highest BCUT2D eigenvalue weighted by atomic mass is 32.2. The molecular weight excluding hydrogens is 270 g/mol. The van der Waals surface area contributed by atoms with Crippen molar-refractivity contribution in [2.24, 2.45) is 10.9 Å². The van der Waals surface area contributed by atoms with E-state index in [0.29, 0.717) is 4.75 Å². The monoisotopic (exact) mass is 295 g/mol. The minimum atomic E-state index is 0.142. The van der Waals surface area contributed by atoms with E-state index in [1.165, 1.54) is 18.4 Å². The second-order valence-corrected chi connectivity index (χ2v) is 6.15. The van der Waals surface area contributed by atoms with Crippen LogP contribution in [0.4, 0.5) is 0 Å². The van der Waals surface area contributed by atoms with E-state index in [0.717, 1.165) is 18.7 Å². The lowest BCUT2D eigenvalue weighted by Gasteiger charge is -2.30. The first-order valence-corrected chi connectivity index (χ1v) is 8.16. The lowest BCUT2D eigenvalue weighted by molar-refractivity contribution is 0.318. The summed E-state index contributed by atoms with van der Waals surface area (Å²) in [6, 6.07) is 7.74. The van der Waals surface area contributed by atoms with Crippen LogP contribution < -0.4 is 11.1 Å². The van der Waals surface area contributed by atoms with E-state index >= 15 is 0 Å². The summed E-state index contributed by atoms with van der Waals surface area (Å²) >= 11 is 1.94. The zero-order valence-electron chi connectivity index (χ0n) is 12.5. The predicted octanol–water partition coefficient (Wildman–Crippen LogP) is 2.79. The van der Waals surface area contributed by atoms with E-state index in [2.05, 4.69) is 30.6 Å². The summed E-state index contributed by atoms with van der Waals surface area (Å²) in [6.45, 7) is 6.32. The maximum absolute atomic E-state index is 8.62. The maximum Gasteiger partial charge on any atom is 0.170 e. The Morgan fingerprint density at radius 2 is 1.90 bits per heavy atom. The van der Waals surface area contributed by atoms with Crippen LogP contribution in [-0.4, -0.2) is 28.6 Å². The van der Waals surface area contributed by atoms with Crippen molar-refractivity contribution in [1.29, 1.82) is 0 Å². The highest BCUT2D eigenvalue weighted by molar-refractivity contribution is 8.00. The van der Waals surface area contributed by atoms with Crippen LogP contribution in [0.25, 0.3) is 0 Å². The first-order chi connectivity index (χ1) is 9.60. The summed E-state index contributed by atoms with van der Waals surface area (Å²) in [6.07, 6.45) is 4.51. The molecule has 1 rings (SSSR count). The number of nitrogens with two attached hydrogens (primary N) is 1. The summed E-state index contributed by atoms with van der Waals surface area (Å²) in [7, 11) is 0. The average Bonchev–Trinajstić information content (AvgIpc) is 2.52. The van der Waals surface area contributed by atoms with Crippen molar-refractivity contribution in [3.63, 3.8) is 0 Å². The Morgan fingerprint density at radius 1 is 1.30 bits per heavy atom. The quantitative estimate of drug-likeness (QED) is 0.298. The molecular formula is C15H25N3OS. The van der Waals surface area contributed by atoms with Gasteiger partial charge in [0, 0.05) is 23.4 Å². The molecule has 1 aromatic rings. The number of amidine groups is 1. The highest BCUT2D eigenvalue weighted by Crippen LogP contribution is 2.29. The molecule has 0 radical (unpaired) electrons. The van der Waals surface area contributed by atoms with Crippen molar-refractivity contribution in [3.8, 4) is 0 Å². The van der Waals surface area contributed by atoms with Crippen molar-refractivity contribution >= 4 is 17.6 Å².